The van der Waals surface area contributed by atoms with Crippen molar-refractivity contribution in [2.75, 3.05) is 0 Å². The van der Waals surface area contributed by atoms with Crippen molar-refractivity contribution in [3.05, 3.63) is 34.9 Å². The highest BCUT2D eigenvalue weighted by Crippen LogP contribution is 2.47. The molecule has 0 N–H and O–H groups in total. The van der Waals surface area contributed by atoms with Crippen LogP contribution < -0.4 is 0 Å². The zero-order chi connectivity index (χ0) is 10.9. The summed E-state index contributed by atoms with van der Waals surface area (Å²) in [6, 6.07) is 8.03. The Balaban J connectivity index is 2.48. The maximum atomic E-state index is 10.8. The molecule has 0 atom stereocenters. The summed E-state index contributed by atoms with van der Waals surface area (Å²) in [7, 11) is 0. The molecule has 0 aliphatic heterocycles. The average molecular weight is 264 g/mol. The van der Waals surface area contributed by atoms with Crippen molar-refractivity contribution < 1.29 is 4.79 Å². The molecule has 0 spiro atoms. The molecule has 1 saturated carbocycles. The Kier molecular flexibility index (Phi) is 2.62. The number of hydrogen-bond acceptors (Lipinski definition) is 2. The molecule has 1 aromatic carbocycles. The standard InChI is InChI=1S/C12H10BrNO/c13-6-9-3-10(7-15)5-11(4-9)12(8-14)1-2-12/h3-5,7H,1-2,6H2. The van der Waals surface area contributed by atoms with E-state index in [9.17, 15) is 4.79 Å². The van der Waals surface area contributed by atoms with Gasteiger partial charge in [-0.3, -0.25) is 4.79 Å². The van der Waals surface area contributed by atoms with Crippen molar-refractivity contribution in [1.29, 1.82) is 5.26 Å². The molecule has 2 nitrogen and oxygen atoms in total. The Hall–Kier alpha value is -1.14. The molecule has 0 radical (unpaired) electrons. The van der Waals surface area contributed by atoms with E-state index in [1.165, 1.54) is 0 Å². The van der Waals surface area contributed by atoms with E-state index in [0.717, 1.165) is 30.3 Å². The number of rotatable bonds is 3. The molecular weight excluding hydrogens is 254 g/mol. The molecule has 15 heavy (non-hydrogen) atoms. The lowest BCUT2D eigenvalue weighted by atomic mass is 9.94. The highest BCUT2D eigenvalue weighted by atomic mass is 79.9. The van der Waals surface area contributed by atoms with E-state index in [2.05, 4.69) is 22.0 Å². The number of nitrogens with zero attached hydrogens (tertiary/aromatic N) is 1. The fourth-order valence-electron chi connectivity index (χ4n) is 1.73. The zero-order valence-electron chi connectivity index (χ0n) is 8.16. The van der Waals surface area contributed by atoms with Crippen LogP contribution in [0.1, 0.15) is 34.3 Å². The van der Waals surface area contributed by atoms with Crippen LogP contribution in [-0.2, 0) is 10.7 Å². The summed E-state index contributed by atoms with van der Waals surface area (Å²) in [4.78, 5) is 10.8. The maximum Gasteiger partial charge on any atom is 0.150 e. The molecule has 1 aliphatic rings. The first-order valence-electron chi connectivity index (χ1n) is 4.81. The molecular formula is C12H10BrNO. The molecule has 0 aromatic heterocycles. The third-order valence-corrected chi connectivity index (χ3v) is 3.47. The van der Waals surface area contributed by atoms with Crippen molar-refractivity contribution in [1.82, 2.24) is 0 Å². The molecule has 0 saturated heterocycles. The molecule has 0 heterocycles. The molecule has 0 amide bonds. The first-order valence-corrected chi connectivity index (χ1v) is 5.93. The number of alkyl halides is 1. The van der Waals surface area contributed by atoms with Crippen molar-refractivity contribution in [2.45, 2.75) is 23.6 Å². The third-order valence-electron chi connectivity index (χ3n) is 2.82. The lowest BCUT2D eigenvalue weighted by Gasteiger charge is -2.08. The summed E-state index contributed by atoms with van der Waals surface area (Å²) in [6.07, 6.45) is 2.66. The van der Waals surface area contributed by atoms with Crippen molar-refractivity contribution >= 4 is 22.2 Å². The predicted molar refractivity (Wildman–Crippen MR) is 61.0 cm³/mol. The quantitative estimate of drug-likeness (QED) is 0.622. The summed E-state index contributed by atoms with van der Waals surface area (Å²) in [6.45, 7) is 0. The molecule has 1 aromatic rings. The third kappa shape index (κ3) is 1.82. The van der Waals surface area contributed by atoms with Crippen LogP contribution in [0.15, 0.2) is 18.2 Å². The first kappa shape index (κ1) is 10.4. The summed E-state index contributed by atoms with van der Waals surface area (Å²) < 4.78 is 0. The fourth-order valence-corrected chi connectivity index (χ4v) is 2.05. The second-order valence-electron chi connectivity index (χ2n) is 3.91. The topological polar surface area (TPSA) is 40.9 Å². The van der Waals surface area contributed by atoms with Gasteiger partial charge in [0.05, 0.1) is 11.5 Å². The Morgan fingerprint density at radius 1 is 1.47 bits per heavy atom. The molecule has 1 aliphatic carbocycles. The number of halogens is 1. The van der Waals surface area contributed by atoms with Gasteiger partial charge in [0.2, 0.25) is 0 Å². The van der Waals surface area contributed by atoms with Crippen molar-refractivity contribution in [2.24, 2.45) is 0 Å². The van der Waals surface area contributed by atoms with Crippen molar-refractivity contribution in [3.8, 4) is 6.07 Å². The normalized spacial score (nSPS) is 16.8. The number of nitriles is 1. The maximum absolute atomic E-state index is 10.8. The van der Waals surface area contributed by atoms with Crippen molar-refractivity contribution in [3.63, 3.8) is 0 Å². The van der Waals surface area contributed by atoms with E-state index >= 15 is 0 Å². The minimum Gasteiger partial charge on any atom is -0.298 e. The van der Waals surface area contributed by atoms with Gasteiger partial charge in [0.1, 0.15) is 6.29 Å². The summed E-state index contributed by atoms with van der Waals surface area (Å²) in [5.41, 5.74) is 2.39. The first-order chi connectivity index (χ1) is 7.24. The molecule has 76 valence electrons. The van der Waals surface area contributed by atoms with Crippen LogP contribution in [0.25, 0.3) is 0 Å². The minimum absolute atomic E-state index is 0.310. The predicted octanol–water partition coefficient (Wildman–Crippen LogP) is 2.95. The molecule has 0 bridgehead atoms. The van der Waals surface area contributed by atoms with E-state index in [-0.39, 0.29) is 5.41 Å². The summed E-state index contributed by atoms with van der Waals surface area (Å²) in [5, 5.41) is 9.80. The lowest BCUT2D eigenvalue weighted by molar-refractivity contribution is 0.112. The van der Waals surface area contributed by atoms with Crippen LogP contribution in [0.4, 0.5) is 0 Å². The largest absolute Gasteiger partial charge is 0.298 e. The second kappa shape index (κ2) is 3.79. The van der Waals surface area contributed by atoms with Crippen LogP contribution >= 0.6 is 15.9 Å². The molecule has 0 unspecified atom stereocenters. The van der Waals surface area contributed by atoms with Gasteiger partial charge >= 0.3 is 0 Å². The van der Waals surface area contributed by atoms with Gasteiger partial charge in [-0.1, -0.05) is 22.0 Å². The lowest BCUT2D eigenvalue weighted by Crippen LogP contribution is -2.04. The number of aldehydes is 1. The van der Waals surface area contributed by atoms with Crippen LogP contribution in [0.3, 0.4) is 0 Å². The minimum atomic E-state index is -0.310. The Morgan fingerprint density at radius 3 is 2.67 bits per heavy atom. The Morgan fingerprint density at radius 2 is 2.20 bits per heavy atom. The highest BCUT2D eigenvalue weighted by molar-refractivity contribution is 9.08. The van der Waals surface area contributed by atoms with Gasteiger partial charge in [-0.15, -0.1) is 0 Å². The van der Waals surface area contributed by atoms with Gasteiger partial charge in [0.15, 0.2) is 0 Å². The summed E-state index contributed by atoms with van der Waals surface area (Å²) >= 11 is 3.37. The summed E-state index contributed by atoms with van der Waals surface area (Å²) in [5.74, 6) is 0. The second-order valence-corrected chi connectivity index (χ2v) is 4.47. The number of carbonyl (C=O) groups excluding carboxylic acids is 1. The van der Waals surface area contributed by atoms with E-state index in [1.807, 2.05) is 18.2 Å². The van der Waals surface area contributed by atoms with Gasteiger partial charge in [0.25, 0.3) is 0 Å². The highest BCUT2D eigenvalue weighted by Gasteiger charge is 2.45. The van der Waals surface area contributed by atoms with E-state index in [1.54, 1.807) is 0 Å². The SMILES string of the molecule is N#CC1(c2cc(C=O)cc(CBr)c2)CC1. The van der Waals surface area contributed by atoms with E-state index < -0.39 is 0 Å². The number of carbonyl (C=O) groups is 1. The van der Waals surface area contributed by atoms with Gasteiger partial charge in [-0.2, -0.15) is 5.26 Å². The van der Waals surface area contributed by atoms with E-state index in [0.29, 0.717) is 10.9 Å². The molecule has 3 heteroatoms. The van der Waals surface area contributed by atoms with Crippen LogP contribution in [0.5, 0.6) is 0 Å². The van der Waals surface area contributed by atoms with Gasteiger partial charge in [0, 0.05) is 10.9 Å². The zero-order valence-corrected chi connectivity index (χ0v) is 9.75. The van der Waals surface area contributed by atoms with Crippen LogP contribution in [-0.4, -0.2) is 6.29 Å². The number of hydrogen-bond donors (Lipinski definition) is 0. The fraction of sp³-hybridized carbons (Fsp3) is 0.333. The monoisotopic (exact) mass is 263 g/mol. The Labute approximate surface area is 97.0 Å². The molecule has 1 fully saturated rings. The van der Waals surface area contributed by atoms with Crippen LogP contribution in [0, 0.1) is 11.3 Å². The van der Waals surface area contributed by atoms with Crippen LogP contribution in [0.2, 0.25) is 0 Å². The Bertz CT molecular complexity index is 443. The average Bonchev–Trinajstić information content (AvgIpc) is 3.09. The number of benzene rings is 1. The van der Waals surface area contributed by atoms with Gasteiger partial charge < -0.3 is 0 Å². The smallest absolute Gasteiger partial charge is 0.150 e. The van der Waals surface area contributed by atoms with Gasteiger partial charge in [-0.25, -0.2) is 0 Å². The van der Waals surface area contributed by atoms with Gasteiger partial charge in [-0.05, 0) is 36.1 Å². The molecule has 2 rings (SSSR count). The van der Waals surface area contributed by atoms with E-state index in [4.69, 9.17) is 5.26 Å².